The van der Waals surface area contributed by atoms with Crippen molar-refractivity contribution < 1.29 is 49.5 Å². The van der Waals surface area contributed by atoms with Gasteiger partial charge in [-0.1, -0.05) is 6.92 Å². The lowest BCUT2D eigenvalue weighted by atomic mass is 10.5. The van der Waals surface area contributed by atoms with E-state index in [4.69, 9.17) is 55.2 Å². The van der Waals surface area contributed by atoms with Crippen LogP contribution >= 0.6 is 0 Å². The van der Waals surface area contributed by atoms with Gasteiger partial charge in [0, 0.05) is 34.6 Å². The van der Waals surface area contributed by atoms with Crippen LogP contribution < -0.4 is 5.73 Å². The third kappa shape index (κ3) is 2270. The van der Waals surface area contributed by atoms with Gasteiger partial charge in [0.2, 0.25) is 0 Å². The minimum absolute atomic E-state index is 0.819. The molecule has 0 atom stereocenters. The van der Waals surface area contributed by atoms with Crippen LogP contribution in [0.1, 0.15) is 48.0 Å². The van der Waals surface area contributed by atoms with E-state index in [0.29, 0.717) is 0 Å². The third-order valence-electron chi connectivity index (χ3n) is 0.289. The van der Waals surface area contributed by atoms with Crippen LogP contribution in [0.2, 0.25) is 0 Å². The largest absolute Gasteiger partial charge is 0.481 e. The van der Waals surface area contributed by atoms with Gasteiger partial charge in [-0.25, -0.2) is 0 Å². The Hall–Kier alpha value is -2.69. The fraction of sp³-hybridized carbons (Fsp3) is 0.615. The molecule has 24 heavy (non-hydrogen) atoms. The van der Waals surface area contributed by atoms with Gasteiger partial charge in [-0.3, -0.25) is 24.0 Å². The molecule has 0 saturated carbocycles. The summed E-state index contributed by atoms with van der Waals surface area (Å²) in [5, 5.41) is 37.1. The third-order valence-corrected chi connectivity index (χ3v) is 0.289. The van der Waals surface area contributed by atoms with Crippen LogP contribution in [0.3, 0.4) is 0 Å². The number of carboxylic acids is 5. The van der Waals surface area contributed by atoms with Crippen LogP contribution in [0.25, 0.3) is 0 Å². The van der Waals surface area contributed by atoms with Crippen molar-refractivity contribution in [3.8, 4) is 0 Å². The Bertz CT molecular complexity index is 237. The summed E-state index contributed by atoms with van der Waals surface area (Å²) in [5.41, 5.74) is 5.03. The van der Waals surface area contributed by atoms with Crippen molar-refractivity contribution in [1.29, 1.82) is 0 Å². The molecule has 0 aromatic rings. The van der Waals surface area contributed by atoms with E-state index >= 15 is 0 Å². The molecule has 0 spiro atoms. The molecule has 0 fully saturated rings. The molecule has 0 saturated heterocycles. The molecule has 7 N–H and O–H groups in total. The van der Waals surface area contributed by atoms with E-state index in [1.165, 1.54) is 0 Å². The fourth-order valence-electron chi connectivity index (χ4n) is 0. The molecule has 0 aromatic heterocycles. The Morgan fingerprint density at radius 3 is 0.625 bits per heavy atom. The lowest BCUT2D eigenvalue weighted by Crippen LogP contribution is -1.93. The minimum atomic E-state index is -0.833. The maximum Gasteiger partial charge on any atom is 0.300 e. The van der Waals surface area contributed by atoms with Crippen LogP contribution in [0, 0.1) is 0 Å². The number of rotatable bonds is 1. The van der Waals surface area contributed by atoms with E-state index in [2.05, 4.69) is 6.92 Å². The summed E-state index contributed by atoms with van der Waals surface area (Å²) in [4.78, 5) is 45.0. The van der Waals surface area contributed by atoms with Gasteiger partial charge in [-0.2, -0.15) is 0 Å². The molecule has 0 aliphatic rings. The number of carboxylic acid groups (broad SMARTS) is 5. The smallest absolute Gasteiger partial charge is 0.300 e. The molecule has 0 aromatic carbocycles. The Labute approximate surface area is 140 Å². The van der Waals surface area contributed by atoms with Crippen molar-refractivity contribution in [3.05, 3.63) is 0 Å². The Morgan fingerprint density at radius 1 is 0.583 bits per heavy atom. The lowest BCUT2D eigenvalue weighted by molar-refractivity contribution is -0.135. The second-order valence-corrected chi connectivity index (χ2v) is 3.38. The van der Waals surface area contributed by atoms with E-state index in [0.717, 1.165) is 47.6 Å². The van der Waals surface area contributed by atoms with E-state index in [1.54, 1.807) is 0 Å². The van der Waals surface area contributed by atoms with Crippen molar-refractivity contribution in [2.45, 2.75) is 48.0 Å². The standard InChI is InChI=1S/C3H9N.5C2H4O2/c1-2-3-4;5*1-2(3)4/h2-4H2,1H3;5*1H3,(H,3,4). The summed E-state index contributed by atoms with van der Waals surface area (Å²) in [7, 11) is 0. The highest BCUT2D eigenvalue weighted by atomic mass is 16.4. The molecule has 146 valence electrons. The predicted molar refractivity (Wildman–Crippen MR) is 85.9 cm³/mol. The van der Waals surface area contributed by atoms with Gasteiger partial charge >= 0.3 is 0 Å². The zero-order chi connectivity index (χ0) is 21.3. The van der Waals surface area contributed by atoms with E-state index < -0.39 is 29.8 Å². The van der Waals surface area contributed by atoms with Gasteiger partial charge < -0.3 is 31.3 Å². The predicted octanol–water partition coefficient (Wildman–Crippen LogP) is 0.810. The first-order valence-corrected chi connectivity index (χ1v) is 6.25. The van der Waals surface area contributed by atoms with Gasteiger partial charge in [-0.15, -0.1) is 0 Å². The van der Waals surface area contributed by atoms with Gasteiger partial charge in [0.25, 0.3) is 29.8 Å². The fourth-order valence-corrected chi connectivity index (χ4v) is 0. The van der Waals surface area contributed by atoms with Crippen LogP contribution in [0.4, 0.5) is 0 Å². The van der Waals surface area contributed by atoms with E-state index in [1.807, 2.05) is 0 Å². The SMILES string of the molecule is CC(=O)O.CC(=O)O.CC(=O)O.CC(=O)O.CC(=O)O.CCCN. The monoisotopic (exact) mass is 359 g/mol. The maximum absolute atomic E-state index is 9.00. The zero-order valence-electron chi connectivity index (χ0n) is 14.8. The van der Waals surface area contributed by atoms with E-state index in [9.17, 15) is 0 Å². The summed E-state index contributed by atoms with van der Waals surface area (Å²) in [6, 6.07) is 0. The molecule has 0 rings (SSSR count). The summed E-state index contributed by atoms with van der Waals surface area (Å²) in [6.07, 6.45) is 1.10. The van der Waals surface area contributed by atoms with Crippen molar-refractivity contribution in [1.82, 2.24) is 0 Å². The molecule has 0 heterocycles. The molecule has 11 nitrogen and oxygen atoms in total. The zero-order valence-corrected chi connectivity index (χ0v) is 14.8. The number of aliphatic carboxylic acids is 5. The van der Waals surface area contributed by atoms with E-state index in [-0.39, 0.29) is 0 Å². The Kier molecular flexibility index (Phi) is 57.8. The topological polar surface area (TPSA) is 213 Å². The number of hydrogen-bond donors (Lipinski definition) is 6. The van der Waals surface area contributed by atoms with Crippen LogP contribution in [0.5, 0.6) is 0 Å². The summed E-state index contributed by atoms with van der Waals surface area (Å²) in [5.74, 6) is -4.17. The molecule has 0 radical (unpaired) electrons. The Morgan fingerprint density at radius 2 is 0.625 bits per heavy atom. The highest BCUT2D eigenvalue weighted by Gasteiger charge is 1.67. The number of nitrogens with two attached hydrogens (primary N) is 1. The van der Waals surface area contributed by atoms with Crippen molar-refractivity contribution in [2.24, 2.45) is 5.73 Å². The number of hydrogen-bond acceptors (Lipinski definition) is 6. The maximum atomic E-state index is 9.00. The molecular weight excluding hydrogens is 330 g/mol. The van der Waals surface area contributed by atoms with Crippen LogP contribution in [0.15, 0.2) is 0 Å². The molecule has 11 heteroatoms. The first kappa shape index (κ1) is 37.5. The molecule has 0 aliphatic heterocycles. The van der Waals surface area contributed by atoms with Crippen molar-refractivity contribution in [3.63, 3.8) is 0 Å². The number of carbonyl (C=O) groups is 5. The average molecular weight is 359 g/mol. The molecule has 0 bridgehead atoms. The highest BCUT2D eigenvalue weighted by Crippen LogP contribution is 1.57. The first-order chi connectivity index (χ1) is 10.6. The van der Waals surface area contributed by atoms with Gasteiger partial charge in [0.05, 0.1) is 0 Å². The van der Waals surface area contributed by atoms with Gasteiger partial charge in [-0.05, 0) is 13.0 Å². The Balaban J connectivity index is -0.0000000405. The molecule has 0 amide bonds. The van der Waals surface area contributed by atoms with Crippen molar-refractivity contribution in [2.75, 3.05) is 6.54 Å². The second-order valence-electron chi connectivity index (χ2n) is 3.38. The normalized spacial score (nSPS) is 6.46. The minimum Gasteiger partial charge on any atom is -0.481 e. The molecule has 0 unspecified atom stereocenters. The first-order valence-electron chi connectivity index (χ1n) is 6.25. The quantitative estimate of drug-likeness (QED) is 0.385. The molecule has 0 aliphatic carbocycles. The lowest BCUT2D eigenvalue weighted by Gasteiger charge is -1.70. The highest BCUT2D eigenvalue weighted by molar-refractivity contribution is 5.63. The van der Waals surface area contributed by atoms with Crippen LogP contribution in [-0.4, -0.2) is 61.9 Å². The summed E-state index contributed by atoms with van der Waals surface area (Å²) < 4.78 is 0. The average Bonchev–Trinajstić information content (AvgIpc) is 2.24. The summed E-state index contributed by atoms with van der Waals surface area (Å²) >= 11 is 0. The second kappa shape index (κ2) is 37.0. The van der Waals surface area contributed by atoms with Crippen molar-refractivity contribution >= 4 is 29.8 Å². The summed E-state index contributed by atoms with van der Waals surface area (Å²) in [6.45, 7) is 8.29. The van der Waals surface area contributed by atoms with Gasteiger partial charge in [0.1, 0.15) is 0 Å². The molecular formula is C13H29NO10. The van der Waals surface area contributed by atoms with Crippen LogP contribution in [-0.2, 0) is 24.0 Å². The van der Waals surface area contributed by atoms with Gasteiger partial charge in [0.15, 0.2) is 0 Å².